The van der Waals surface area contributed by atoms with Crippen LogP contribution in [0.4, 0.5) is 0 Å². The Morgan fingerprint density at radius 2 is 2.21 bits per heavy atom. The zero-order valence-corrected chi connectivity index (χ0v) is 11.1. The molecule has 0 aliphatic rings. The van der Waals surface area contributed by atoms with Crippen LogP contribution in [-0.4, -0.2) is 21.6 Å². The molecule has 0 aliphatic heterocycles. The van der Waals surface area contributed by atoms with Crippen molar-refractivity contribution in [3.8, 4) is 11.8 Å². The van der Waals surface area contributed by atoms with Crippen LogP contribution in [0.2, 0.25) is 0 Å². The topological polar surface area (TPSA) is 63.7 Å². The highest BCUT2D eigenvalue weighted by molar-refractivity contribution is 5.27. The number of ether oxygens (including phenoxy) is 1. The third-order valence-electron chi connectivity index (χ3n) is 2.86. The molecular weight excluding hydrogens is 240 g/mol. The van der Waals surface area contributed by atoms with Crippen molar-refractivity contribution in [3.63, 3.8) is 0 Å². The van der Waals surface area contributed by atoms with Crippen LogP contribution < -0.4 is 4.74 Å². The van der Waals surface area contributed by atoms with Gasteiger partial charge in [-0.25, -0.2) is 4.68 Å². The molecule has 1 aromatic carbocycles. The van der Waals surface area contributed by atoms with Gasteiger partial charge in [0.25, 0.3) is 0 Å². The summed E-state index contributed by atoms with van der Waals surface area (Å²) in [5, 5.41) is 16.5. The monoisotopic (exact) mass is 256 g/mol. The van der Waals surface area contributed by atoms with E-state index in [2.05, 4.69) is 10.3 Å². The average Bonchev–Trinajstić information content (AvgIpc) is 2.76. The van der Waals surface area contributed by atoms with E-state index in [-0.39, 0.29) is 0 Å². The lowest BCUT2D eigenvalue weighted by molar-refractivity contribution is 0.297. The SMILES string of the molecule is Cc1cccc(OCCCn2nnc(C#N)c2C)c1. The third kappa shape index (κ3) is 3.32. The van der Waals surface area contributed by atoms with Crippen molar-refractivity contribution in [1.82, 2.24) is 15.0 Å². The normalized spacial score (nSPS) is 10.2. The second-order valence-electron chi connectivity index (χ2n) is 4.38. The van der Waals surface area contributed by atoms with Crippen LogP contribution in [0.1, 0.15) is 23.4 Å². The summed E-state index contributed by atoms with van der Waals surface area (Å²) in [6.07, 6.45) is 0.822. The van der Waals surface area contributed by atoms with E-state index in [1.165, 1.54) is 5.56 Å². The quantitative estimate of drug-likeness (QED) is 0.769. The van der Waals surface area contributed by atoms with Crippen LogP contribution in [0.5, 0.6) is 5.75 Å². The molecule has 0 atom stereocenters. The number of aromatic nitrogens is 3. The number of hydrogen-bond donors (Lipinski definition) is 0. The Hall–Kier alpha value is -2.35. The first kappa shape index (κ1) is 13.1. The van der Waals surface area contributed by atoms with Gasteiger partial charge in [-0.15, -0.1) is 5.10 Å². The van der Waals surface area contributed by atoms with Crippen LogP contribution in [0.15, 0.2) is 24.3 Å². The Morgan fingerprint density at radius 1 is 1.37 bits per heavy atom. The Morgan fingerprint density at radius 3 is 2.89 bits per heavy atom. The molecule has 0 radical (unpaired) electrons. The molecule has 0 amide bonds. The molecule has 0 spiro atoms. The summed E-state index contributed by atoms with van der Waals surface area (Å²) in [6.45, 7) is 5.20. The van der Waals surface area contributed by atoms with Gasteiger partial charge in [-0.05, 0) is 31.5 Å². The fourth-order valence-electron chi connectivity index (χ4n) is 1.79. The summed E-state index contributed by atoms with van der Waals surface area (Å²) in [5.74, 6) is 0.882. The van der Waals surface area contributed by atoms with E-state index in [0.717, 1.165) is 17.9 Å². The molecule has 0 saturated carbocycles. The highest BCUT2D eigenvalue weighted by atomic mass is 16.5. The summed E-state index contributed by atoms with van der Waals surface area (Å²) in [4.78, 5) is 0. The fourth-order valence-corrected chi connectivity index (χ4v) is 1.79. The van der Waals surface area contributed by atoms with Crippen LogP contribution >= 0.6 is 0 Å². The van der Waals surface area contributed by atoms with Crippen LogP contribution in [0.3, 0.4) is 0 Å². The van der Waals surface area contributed by atoms with Gasteiger partial charge in [0, 0.05) is 13.0 Å². The molecule has 2 rings (SSSR count). The van der Waals surface area contributed by atoms with Crippen molar-refractivity contribution in [2.75, 3.05) is 6.61 Å². The lowest BCUT2D eigenvalue weighted by atomic mass is 10.2. The highest BCUT2D eigenvalue weighted by Gasteiger charge is 2.06. The molecule has 0 aliphatic carbocycles. The molecule has 2 aromatic rings. The van der Waals surface area contributed by atoms with Crippen molar-refractivity contribution >= 4 is 0 Å². The van der Waals surface area contributed by atoms with E-state index in [1.807, 2.05) is 44.2 Å². The first-order valence-corrected chi connectivity index (χ1v) is 6.20. The Labute approximate surface area is 112 Å². The van der Waals surface area contributed by atoms with Gasteiger partial charge in [0.15, 0.2) is 5.69 Å². The zero-order valence-electron chi connectivity index (χ0n) is 11.1. The second kappa shape index (κ2) is 6.01. The van der Waals surface area contributed by atoms with E-state index >= 15 is 0 Å². The van der Waals surface area contributed by atoms with Crippen molar-refractivity contribution in [1.29, 1.82) is 5.26 Å². The highest BCUT2D eigenvalue weighted by Crippen LogP contribution is 2.12. The summed E-state index contributed by atoms with van der Waals surface area (Å²) < 4.78 is 7.39. The van der Waals surface area contributed by atoms with Crippen LogP contribution in [0.25, 0.3) is 0 Å². The minimum Gasteiger partial charge on any atom is -0.494 e. The lowest BCUT2D eigenvalue weighted by Crippen LogP contribution is -2.07. The molecule has 19 heavy (non-hydrogen) atoms. The number of hydrogen-bond acceptors (Lipinski definition) is 4. The zero-order chi connectivity index (χ0) is 13.7. The van der Waals surface area contributed by atoms with E-state index in [9.17, 15) is 0 Å². The van der Waals surface area contributed by atoms with Crippen LogP contribution in [-0.2, 0) is 6.54 Å². The smallest absolute Gasteiger partial charge is 0.185 e. The van der Waals surface area contributed by atoms with E-state index < -0.39 is 0 Å². The van der Waals surface area contributed by atoms with E-state index in [0.29, 0.717) is 18.8 Å². The predicted molar refractivity (Wildman–Crippen MR) is 70.8 cm³/mol. The average molecular weight is 256 g/mol. The number of nitriles is 1. The third-order valence-corrected chi connectivity index (χ3v) is 2.86. The van der Waals surface area contributed by atoms with E-state index in [1.54, 1.807) is 4.68 Å². The standard InChI is InChI=1S/C14H16N4O/c1-11-5-3-6-13(9-11)19-8-4-7-18-12(2)14(10-15)16-17-18/h3,5-6,9H,4,7-8H2,1-2H3. The van der Waals surface area contributed by atoms with Crippen LogP contribution in [0, 0.1) is 25.2 Å². The fraction of sp³-hybridized carbons (Fsp3) is 0.357. The molecule has 1 aromatic heterocycles. The number of benzene rings is 1. The Bertz CT molecular complexity index is 598. The molecule has 0 fully saturated rings. The molecule has 98 valence electrons. The maximum Gasteiger partial charge on any atom is 0.185 e. The first-order valence-electron chi connectivity index (χ1n) is 6.20. The van der Waals surface area contributed by atoms with Crippen molar-refractivity contribution < 1.29 is 4.74 Å². The van der Waals surface area contributed by atoms with Crippen molar-refractivity contribution in [2.45, 2.75) is 26.8 Å². The molecule has 5 nitrogen and oxygen atoms in total. The predicted octanol–water partition coefficient (Wildman–Crippen LogP) is 2.24. The molecular formula is C14H16N4O. The Balaban J connectivity index is 1.81. The van der Waals surface area contributed by atoms with Gasteiger partial charge in [0.05, 0.1) is 12.3 Å². The molecule has 0 unspecified atom stereocenters. The van der Waals surface area contributed by atoms with Gasteiger partial charge in [-0.2, -0.15) is 5.26 Å². The van der Waals surface area contributed by atoms with Gasteiger partial charge in [0.2, 0.25) is 0 Å². The van der Waals surface area contributed by atoms with Crippen molar-refractivity contribution in [2.24, 2.45) is 0 Å². The molecule has 0 N–H and O–H groups in total. The number of nitrogens with zero attached hydrogens (tertiary/aromatic N) is 4. The summed E-state index contributed by atoms with van der Waals surface area (Å²) in [7, 11) is 0. The molecule has 5 heteroatoms. The maximum atomic E-state index is 8.79. The van der Waals surface area contributed by atoms with Gasteiger partial charge < -0.3 is 4.74 Å². The Kier molecular flexibility index (Phi) is 4.14. The first-order chi connectivity index (χ1) is 9.20. The molecule has 1 heterocycles. The van der Waals surface area contributed by atoms with Gasteiger partial charge in [-0.1, -0.05) is 17.3 Å². The molecule has 0 saturated heterocycles. The number of aryl methyl sites for hydroxylation is 2. The van der Waals surface area contributed by atoms with Crippen molar-refractivity contribution in [3.05, 3.63) is 41.2 Å². The van der Waals surface area contributed by atoms with E-state index in [4.69, 9.17) is 10.00 Å². The minimum absolute atomic E-state index is 0.389. The summed E-state index contributed by atoms with van der Waals surface area (Å²) in [5.41, 5.74) is 2.38. The largest absolute Gasteiger partial charge is 0.494 e. The van der Waals surface area contributed by atoms with Gasteiger partial charge >= 0.3 is 0 Å². The maximum absolute atomic E-state index is 8.79. The van der Waals surface area contributed by atoms with Gasteiger partial charge in [-0.3, -0.25) is 0 Å². The van der Waals surface area contributed by atoms with Gasteiger partial charge in [0.1, 0.15) is 11.8 Å². The minimum atomic E-state index is 0.389. The second-order valence-corrected chi connectivity index (χ2v) is 4.38. The molecule has 0 bridgehead atoms. The summed E-state index contributed by atoms with van der Waals surface area (Å²) in [6, 6.07) is 9.98. The lowest BCUT2D eigenvalue weighted by Gasteiger charge is -2.07. The summed E-state index contributed by atoms with van der Waals surface area (Å²) >= 11 is 0. The number of rotatable bonds is 5.